The average Bonchev–Trinajstić information content (AvgIpc) is 3.16. The zero-order valence-corrected chi connectivity index (χ0v) is 18.4. The lowest BCUT2D eigenvalue weighted by atomic mass is 10.2. The minimum atomic E-state index is -0.0221. The summed E-state index contributed by atoms with van der Waals surface area (Å²) in [6.45, 7) is 3.96. The van der Waals surface area contributed by atoms with Crippen LogP contribution in [-0.4, -0.2) is 79.9 Å². The molecule has 0 saturated carbocycles. The molecule has 7 heteroatoms. The van der Waals surface area contributed by atoms with E-state index in [2.05, 4.69) is 4.90 Å². The van der Waals surface area contributed by atoms with Gasteiger partial charge in [-0.2, -0.15) is 11.3 Å². The molecule has 0 atom stereocenters. The van der Waals surface area contributed by atoms with Crippen molar-refractivity contribution in [3.8, 4) is 5.75 Å². The summed E-state index contributed by atoms with van der Waals surface area (Å²) in [4.78, 5) is 30.9. The fourth-order valence-electron chi connectivity index (χ4n) is 3.20. The lowest BCUT2D eigenvalue weighted by Crippen LogP contribution is -2.36. The maximum atomic E-state index is 12.6. The van der Waals surface area contributed by atoms with Crippen LogP contribution in [0.1, 0.15) is 22.3 Å². The second-order valence-corrected chi connectivity index (χ2v) is 8.32. The fourth-order valence-corrected chi connectivity index (χ4v) is 3.83. The van der Waals surface area contributed by atoms with Gasteiger partial charge in [-0.1, -0.05) is 12.1 Å². The molecule has 30 heavy (non-hydrogen) atoms. The molecule has 0 unspecified atom stereocenters. The molecule has 2 aromatic rings. The number of carbonyl (C=O) groups is 2. The van der Waals surface area contributed by atoms with Crippen molar-refractivity contribution in [2.75, 3.05) is 53.4 Å². The molecule has 1 fully saturated rings. The Morgan fingerprint density at radius 1 is 1.07 bits per heavy atom. The van der Waals surface area contributed by atoms with Gasteiger partial charge in [-0.15, -0.1) is 0 Å². The summed E-state index contributed by atoms with van der Waals surface area (Å²) in [5, 5.41) is 3.78. The van der Waals surface area contributed by atoms with E-state index in [0.717, 1.165) is 29.8 Å². The summed E-state index contributed by atoms with van der Waals surface area (Å²) in [5.74, 6) is 0.850. The third kappa shape index (κ3) is 6.43. The molecule has 2 heterocycles. The minimum Gasteiger partial charge on any atom is -0.492 e. The molecule has 2 amide bonds. The number of carbonyl (C=O) groups excluding carboxylic acids is 2. The zero-order chi connectivity index (χ0) is 21.3. The van der Waals surface area contributed by atoms with Crippen LogP contribution in [0.4, 0.5) is 0 Å². The predicted octanol–water partition coefficient (Wildman–Crippen LogP) is 3.08. The monoisotopic (exact) mass is 427 g/mol. The molecule has 1 aromatic heterocycles. The molecule has 0 bridgehead atoms. The largest absolute Gasteiger partial charge is 0.492 e. The van der Waals surface area contributed by atoms with Crippen LogP contribution in [0.5, 0.6) is 5.75 Å². The first-order valence-corrected chi connectivity index (χ1v) is 11.1. The van der Waals surface area contributed by atoms with Crippen LogP contribution in [0, 0.1) is 0 Å². The lowest BCUT2D eigenvalue weighted by molar-refractivity contribution is -0.125. The summed E-state index contributed by atoms with van der Waals surface area (Å²) < 4.78 is 5.69. The molecule has 3 rings (SSSR count). The highest BCUT2D eigenvalue weighted by Crippen LogP contribution is 2.15. The molecule has 1 aromatic carbocycles. The summed E-state index contributed by atoms with van der Waals surface area (Å²) in [7, 11) is 4.02. The van der Waals surface area contributed by atoms with E-state index >= 15 is 0 Å². The van der Waals surface area contributed by atoms with E-state index in [-0.39, 0.29) is 11.8 Å². The van der Waals surface area contributed by atoms with Crippen LogP contribution in [-0.2, 0) is 4.79 Å². The standard InChI is InChI=1S/C23H29N3O3S/c1-24(2)15-16-29-21-7-4-19(5-8-21)6-9-22(27)25-11-3-12-26(14-13-25)23(28)20-10-17-30-18-20/h4-10,17-18H,3,11-16H2,1-2H3/b9-6+. The summed E-state index contributed by atoms with van der Waals surface area (Å²) in [6.07, 6.45) is 4.22. The van der Waals surface area contributed by atoms with Crippen molar-refractivity contribution in [1.82, 2.24) is 14.7 Å². The van der Waals surface area contributed by atoms with Gasteiger partial charge in [0.15, 0.2) is 0 Å². The lowest BCUT2D eigenvalue weighted by Gasteiger charge is -2.21. The van der Waals surface area contributed by atoms with Crippen molar-refractivity contribution in [3.05, 3.63) is 58.3 Å². The number of nitrogens with zero attached hydrogens (tertiary/aromatic N) is 3. The molecule has 0 N–H and O–H groups in total. The van der Waals surface area contributed by atoms with Crippen LogP contribution < -0.4 is 4.74 Å². The Morgan fingerprint density at radius 3 is 2.50 bits per heavy atom. The molecule has 1 saturated heterocycles. The number of hydrogen-bond donors (Lipinski definition) is 0. The molecule has 0 spiro atoms. The van der Waals surface area contributed by atoms with Gasteiger partial charge in [-0.3, -0.25) is 9.59 Å². The van der Waals surface area contributed by atoms with E-state index in [1.54, 1.807) is 6.08 Å². The first-order chi connectivity index (χ1) is 14.5. The Kier molecular flexibility index (Phi) is 8.04. The average molecular weight is 428 g/mol. The normalized spacial score (nSPS) is 14.9. The van der Waals surface area contributed by atoms with Crippen LogP contribution in [0.2, 0.25) is 0 Å². The number of thiophene rings is 1. The van der Waals surface area contributed by atoms with E-state index in [9.17, 15) is 9.59 Å². The van der Waals surface area contributed by atoms with Crippen molar-refractivity contribution >= 4 is 29.2 Å². The number of amides is 2. The van der Waals surface area contributed by atoms with Gasteiger partial charge >= 0.3 is 0 Å². The molecular weight excluding hydrogens is 398 g/mol. The second kappa shape index (κ2) is 10.9. The maximum absolute atomic E-state index is 12.6. The highest BCUT2D eigenvalue weighted by molar-refractivity contribution is 7.08. The van der Waals surface area contributed by atoms with E-state index in [4.69, 9.17) is 4.74 Å². The van der Waals surface area contributed by atoms with Crippen molar-refractivity contribution in [1.29, 1.82) is 0 Å². The first kappa shape index (κ1) is 22.1. The van der Waals surface area contributed by atoms with E-state index in [1.165, 1.54) is 11.3 Å². The van der Waals surface area contributed by atoms with Gasteiger partial charge in [0.25, 0.3) is 5.91 Å². The number of rotatable bonds is 7. The Morgan fingerprint density at radius 2 is 1.80 bits per heavy atom. The molecule has 0 radical (unpaired) electrons. The van der Waals surface area contributed by atoms with Crippen molar-refractivity contribution in [2.45, 2.75) is 6.42 Å². The quantitative estimate of drug-likeness (QED) is 0.638. The maximum Gasteiger partial charge on any atom is 0.254 e. The SMILES string of the molecule is CN(C)CCOc1ccc(/C=C/C(=O)N2CCCN(C(=O)c3ccsc3)CC2)cc1. The topological polar surface area (TPSA) is 53.1 Å². The minimum absolute atomic E-state index is 0.0221. The van der Waals surface area contributed by atoms with Gasteiger partial charge in [0.2, 0.25) is 5.91 Å². The predicted molar refractivity (Wildman–Crippen MR) is 121 cm³/mol. The van der Waals surface area contributed by atoms with Gasteiger partial charge < -0.3 is 19.4 Å². The molecular formula is C23H29N3O3S. The van der Waals surface area contributed by atoms with Crippen molar-refractivity contribution in [3.63, 3.8) is 0 Å². The van der Waals surface area contributed by atoms with Gasteiger partial charge in [0, 0.05) is 44.2 Å². The highest BCUT2D eigenvalue weighted by Gasteiger charge is 2.22. The van der Waals surface area contributed by atoms with E-state index < -0.39 is 0 Å². The number of likely N-dealkylation sites (N-methyl/N-ethyl adjacent to an activating group) is 1. The number of benzene rings is 1. The molecule has 0 aliphatic carbocycles. The van der Waals surface area contributed by atoms with Crippen LogP contribution in [0.25, 0.3) is 6.08 Å². The summed E-state index contributed by atoms with van der Waals surface area (Å²) in [5.41, 5.74) is 1.68. The summed E-state index contributed by atoms with van der Waals surface area (Å²) in [6, 6.07) is 9.57. The second-order valence-electron chi connectivity index (χ2n) is 7.54. The Labute approximate surface area is 182 Å². The van der Waals surface area contributed by atoms with Gasteiger partial charge in [0.05, 0.1) is 5.56 Å². The smallest absolute Gasteiger partial charge is 0.254 e. The van der Waals surface area contributed by atoms with Gasteiger partial charge in [-0.25, -0.2) is 0 Å². The zero-order valence-electron chi connectivity index (χ0n) is 17.6. The van der Waals surface area contributed by atoms with E-state index in [1.807, 2.05) is 71.1 Å². The molecule has 1 aliphatic rings. The fraction of sp³-hybridized carbons (Fsp3) is 0.391. The molecule has 1 aliphatic heterocycles. The molecule has 160 valence electrons. The van der Waals surface area contributed by atoms with Crippen molar-refractivity contribution in [2.24, 2.45) is 0 Å². The highest BCUT2D eigenvalue weighted by atomic mass is 32.1. The number of hydrogen-bond acceptors (Lipinski definition) is 5. The van der Waals surface area contributed by atoms with E-state index in [0.29, 0.717) is 32.8 Å². The van der Waals surface area contributed by atoms with Gasteiger partial charge in [-0.05, 0) is 55.7 Å². The van der Waals surface area contributed by atoms with Crippen LogP contribution in [0.3, 0.4) is 0 Å². The van der Waals surface area contributed by atoms with Gasteiger partial charge in [0.1, 0.15) is 12.4 Å². The van der Waals surface area contributed by atoms with Crippen molar-refractivity contribution < 1.29 is 14.3 Å². The Bertz CT molecular complexity index is 847. The van der Waals surface area contributed by atoms with Crippen LogP contribution >= 0.6 is 11.3 Å². The third-order valence-corrected chi connectivity index (χ3v) is 5.65. The number of ether oxygens (including phenoxy) is 1. The third-order valence-electron chi connectivity index (χ3n) is 4.97. The molecule has 6 nitrogen and oxygen atoms in total. The first-order valence-electron chi connectivity index (χ1n) is 10.2. The summed E-state index contributed by atoms with van der Waals surface area (Å²) >= 11 is 1.52. The van der Waals surface area contributed by atoms with Crippen LogP contribution in [0.15, 0.2) is 47.2 Å². The Hall–Kier alpha value is -2.64. The Balaban J connectivity index is 1.49.